The summed E-state index contributed by atoms with van der Waals surface area (Å²) in [5.74, 6) is 0.642. The molecule has 13 heteroatoms. The van der Waals surface area contributed by atoms with Gasteiger partial charge in [0.2, 0.25) is 20.0 Å². The zero-order valence-corrected chi connectivity index (χ0v) is 23.9. The van der Waals surface area contributed by atoms with Crippen molar-refractivity contribution >= 4 is 48.5 Å². The first-order chi connectivity index (χ1) is 19.0. The Morgan fingerprint density at radius 1 is 0.900 bits per heavy atom. The number of benzene rings is 1. The molecule has 2 aliphatic carbocycles. The molecule has 0 amide bonds. The Morgan fingerprint density at radius 3 is 2.38 bits per heavy atom. The molecule has 0 unspecified atom stereocenters. The third kappa shape index (κ3) is 5.86. The van der Waals surface area contributed by atoms with Gasteiger partial charge in [-0.3, -0.25) is 0 Å². The maximum Gasteiger partial charge on any atom is 0.238 e. The highest BCUT2D eigenvalue weighted by Crippen LogP contribution is 2.34. The molecule has 10 nitrogen and oxygen atoms in total. The number of H-pyrrole nitrogens is 1. The maximum absolute atomic E-state index is 12.3. The fourth-order valence-corrected chi connectivity index (χ4v) is 7.67. The van der Waals surface area contributed by atoms with E-state index in [1.807, 2.05) is 18.3 Å². The number of pyridine rings is 2. The van der Waals surface area contributed by atoms with Gasteiger partial charge in [-0.2, -0.15) is 0 Å². The Labute approximate surface area is 237 Å². The minimum atomic E-state index is -3.84. The number of nitrogens with one attached hydrogen (secondary N) is 3. The average Bonchev–Trinajstić information content (AvgIpc) is 3.69. The summed E-state index contributed by atoms with van der Waals surface area (Å²) in [7, 11) is -7.02. The molecule has 2 saturated carbocycles. The predicted molar refractivity (Wildman–Crippen MR) is 156 cm³/mol. The number of sulfonamides is 2. The lowest BCUT2D eigenvalue weighted by Gasteiger charge is -2.30. The number of anilines is 1. The molecule has 3 heterocycles. The highest BCUT2D eigenvalue weighted by molar-refractivity contribution is 7.90. The number of halogens is 1. The van der Waals surface area contributed by atoms with Crippen LogP contribution in [0.15, 0.2) is 59.8 Å². The van der Waals surface area contributed by atoms with Crippen LogP contribution in [0.1, 0.15) is 38.5 Å². The van der Waals surface area contributed by atoms with Crippen molar-refractivity contribution in [1.82, 2.24) is 19.7 Å². The Balaban J connectivity index is 1.22. The van der Waals surface area contributed by atoms with Crippen molar-refractivity contribution in [2.24, 2.45) is 5.14 Å². The molecule has 0 radical (unpaired) electrons. The number of hydrogen-bond donors (Lipinski definition) is 4. The van der Waals surface area contributed by atoms with Crippen LogP contribution in [-0.4, -0.2) is 49.1 Å². The molecular formula is C27H29ClN6O4S2. The van der Waals surface area contributed by atoms with Gasteiger partial charge in [0, 0.05) is 41.0 Å². The van der Waals surface area contributed by atoms with E-state index in [0.717, 1.165) is 60.6 Å². The van der Waals surface area contributed by atoms with Crippen LogP contribution < -0.4 is 15.2 Å². The third-order valence-electron chi connectivity index (χ3n) is 7.51. The quantitative estimate of drug-likeness (QED) is 0.218. The van der Waals surface area contributed by atoms with Gasteiger partial charge < -0.3 is 10.3 Å². The zero-order chi connectivity index (χ0) is 28.1. The van der Waals surface area contributed by atoms with Crippen LogP contribution in [0.3, 0.4) is 0 Å². The van der Waals surface area contributed by atoms with Gasteiger partial charge in [-0.25, -0.2) is 36.7 Å². The highest BCUT2D eigenvalue weighted by atomic mass is 35.5. The van der Waals surface area contributed by atoms with E-state index in [9.17, 15) is 16.8 Å². The number of hydrogen-bond acceptors (Lipinski definition) is 7. The fraction of sp³-hybridized carbons (Fsp3) is 0.333. The smallest absolute Gasteiger partial charge is 0.238 e. The highest BCUT2D eigenvalue weighted by Gasteiger charge is 2.37. The van der Waals surface area contributed by atoms with E-state index >= 15 is 0 Å². The topological polar surface area (TPSA) is 160 Å². The summed E-state index contributed by atoms with van der Waals surface area (Å²) in [6, 6.07) is 12.2. The normalized spacial score (nSPS) is 20.1. The summed E-state index contributed by atoms with van der Waals surface area (Å²) in [4.78, 5) is 12.2. The summed E-state index contributed by atoms with van der Waals surface area (Å²) >= 11 is 6.43. The van der Waals surface area contributed by atoms with Crippen molar-refractivity contribution in [3.05, 3.63) is 60.0 Å². The summed E-state index contributed by atoms with van der Waals surface area (Å²) in [5.41, 5.74) is 3.81. The fourth-order valence-electron chi connectivity index (χ4n) is 5.25. The van der Waals surface area contributed by atoms with Gasteiger partial charge in [-0.15, -0.1) is 0 Å². The van der Waals surface area contributed by atoms with Crippen LogP contribution in [0.4, 0.5) is 5.82 Å². The van der Waals surface area contributed by atoms with Gasteiger partial charge >= 0.3 is 0 Å². The molecular weight excluding hydrogens is 572 g/mol. The number of nitrogens with zero attached hydrogens (tertiary/aromatic N) is 2. The number of nitrogens with two attached hydrogens (primary N) is 1. The van der Waals surface area contributed by atoms with E-state index in [-0.39, 0.29) is 22.2 Å². The number of aromatic nitrogens is 3. The summed E-state index contributed by atoms with van der Waals surface area (Å²) in [5, 5.41) is 9.77. The number of primary sulfonamides is 1. The van der Waals surface area contributed by atoms with E-state index in [2.05, 4.69) is 25.0 Å². The molecule has 1 aromatic carbocycles. The summed E-state index contributed by atoms with van der Waals surface area (Å²) in [6.45, 7) is 0. The lowest BCUT2D eigenvalue weighted by Crippen LogP contribution is -2.41. The average molecular weight is 601 g/mol. The van der Waals surface area contributed by atoms with Gasteiger partial charge in [0.05, 0.1) is 10.1 Å². The third-order valence-corrected chi connectivity index (χ3v) is 10.6. The summed E-state index contributed by atoms with van der Waals surface area (Å²) in [6.07, 6.45) is 8.22. The molecule has 3 aromatic heterocycles. The standard InChI is InChI=1S/C27H29ClN6O4S2/c28-25-12-17(13-26(33-25)32-19-4-6-20(7-5-19)34-40(37,38)21-8-9-21)24-15-31-27-23(24)11-18(14-30-27)16-2-1-3-22(10-16)39(29,35)36/h1-3,10-15,19-21,34H,4-9H2,(H,30,31)(H,32,33)(H2,29,35,36). The number of aromatic amines is 1. The Morgan fingerprint density at radius 2 is 1.65 bits per heavy atom. The second-order valence-corrected chi connectivity index (χ2v) is 14.5. The van der Waals surface area contributed by atoms with Crippen LogP contribution in [0, 0.1) is 0 Å². The molecule has 2 fully saturated rings. The lowest BCUT2D eigenvalue weighted by atomic mass is 9.92. The largest absolute Gasteiger partial charge is 0.367 e. The van der Waals surface area contributed by atoms with E-state index < -0.39 is 20.0 Å². The van der Waals surface area contributed by atoms with Crippen LogP contribution in [0.2, 0.25) is 5.15 Å². The van der Waals surface area contributed by atoms with E-state index in [1.54, 1.807) is 24.4 Å². The second kappa shape index (κ2) is 10.4. The van der Waals surface area contributed by atoms with Crippen molar-refractivity contribution in [2.75, 3.05) is 5.32 Å². The molecule has 40 heavy (non-hydrogen) atoms. The molecule has 2 aliphatic rings. The predicted octanol–water partition coefficient (Wildman–Crippen LogP) is 4.40. The number of rotatable bonds is 8. The van der Waals surface area contributed by atoms with Crippen molar-refractivity contribution < 1.29 is 16.8 Å². The van der Waals surface area contributed by atoms with E-state index in [4.69, 9.17) is 16.7 Å². The van der Waals surface area contributed by atoms with E-state index in [0.29, 0.717) is 22.2 Å². The first kappa shape index (κ1) is 27.2. The molecule has 0 atom stereocenters. The van der Waals surface area contributed by atoms with E-state index in [1.165, 1.54) is 12.1 Å². The Kier molecular flexibility index (Phi) is 7.07. The van der Waals surface area contributed by atoms with Crippen LogP contribution in [0.5, 0.6) is 0 Å². The van der Waals surface area contributed by atoms with Gasteiger partial charge in [-0.05, 0) is 80.0 Å². The molecule has 0 saturated heterocycles. The van der Waals surface area contributed by atoms with Crippen molar-refractivity contribution in [3.8, 4) is 22.3 Å². The van der Waals surface area contributed by atoms with Gasteiger partial charge in [-0.1, -0.05) is 23.7 Å². The molecule has 5 N–H and O–H groups in total. The monoisotopic (exact) mass is 600 g/mol. The minimum absolute atomic E-state index is 0.0231. The molecule has 0 spiro atoms. The second-order valence-electron chi connectivity index (χ2n) is 10.5. The molecule has 6 rings (SSSR count). The van der Waals surface area contributed by atoms with Crippen molar-refractivity contribution in [2.45, 2.75) is 60.8 Å². The Bertz CT molecular complexity index is 1800. The van der Waals surface area contributed by atoms with Gasteiger partial charge in [0.15, 0.2) is 0 Å². The first-order valence-electron chi connectivity index (χ1n) is 13.1. The van der Waals surface area contributed by atoms with Crippen molar-refractivity contribution in [3.63, 3.8) is 0 Å². The van der Waals surface area contributed by atoms with Gasteiger partial charge in [0.25, 0.3) is 0 Å². The molecule has 210 valence electrons. The first-order valence-corrected chi connectivity index (χ1v) is 16.6. The minimum Gasteiger partial charge on any atom is -0.367 e. The van der Waals surface area contributed by atoms with Crippen LogP contribution >= 0.6 is 11.6 Å². The lowest BCUT2D eigenvalue weighted by molar-refractivity contribution is 0.386. The van der Waals surface area contributed by atoms with Gasteiger partial charge in [0.1, 0.15) is 16.6 Å². The maximum atomic E-state index is 12.3. The van der Waals surface area contributed by atoms with Crippen LogP contribution in [-0.2, 0) is 20.0 Å². The number of fused-ring (bicyclic) bond motifs is 1. The Hall–Kier alpha value is -3.03. The summed E-state index contributed by atoms with van der Waals surface area (Å²) < 4.78 is 51.1. The zero-order valence-electron chi connectivity index (χ0n) is 21.5. The molecule has 4 aromatic rings. The van der Waals surface area contributed by atoms with Crippen molar-refractivity contribution in [1.29, 1.82) is 0 Å². The molecule has 0 aliphatic heterocycles. The SMILES string of the molecule is NS(=O)(=O)c1cccc(-c2cnc3[nH]cc(-c4cc(Cl)nc(NC5CCC(NS(=O)(=O)C6CC6)CC5)c4)c3c2)c1. The molecule has 0 bridgehead atoms. The van der Waals surface area contributed by atoms with Crippen LogP contribution in [0.25, 0.3) is 33.3 Å².